The second kappa shape index (κ2) is 5.51. The molecule has 2 rings (SSSR count). The van der Waals surface area contributed by atoms with Crippen LogP contribution in [0, 0.1) is 0 Å². The number of nitrogens with one attached hydrogen (secondary N) is 1. The second-order valence-electron chi connectivity index (χ2n) is 5.16. The van der Waals surface area contributed by atoms with E-state index in [4.69, 9.17) is 0 Å². The van der Waals surface area contributed by atoms with Gasteiger partial charge in [-0.2, -0.15) is 0 Å². The molecule has 0 aliphatic carbocycles. The quantitative estimate of drug-likeness (QED) is 0.864. The van der Waals surface area contributed by atoms with Gasteiger partial charge in [0.2, 0.25) is 0 Å². The molecule has 0 aliphatic rings. The number of aliphatic hydroxyl groups excluding tert-OH is 1. The average Bonchev–Trinajstić information content (AvgIpc) is 2.36. The van der Waals surface area contributed by atoms with Crippen LogP contribution >= 0.6 is 0 Å². The molecule has 0 spiro atoms. The van der Waals surface area contributed by atoms with Gasteiger partial charge < -0.3 is 10.4 Å². The first-order valence-corrected chi connectivity index (χ1v) is 6.50. The predicted molar refractivity (Wildman–Crippen MR) is 76.6 cm³/mol. The predicted octanol–water partition coefficient (Wildman–Crippen LogP) is 3.26. The Bertz CT molecular complexity index is 521. The fourth-order valence-electron chi connectivity index (χ4n) is 2.30. The highest BCUT2D eigenvalue weighted by Crippen LogP contribution is 2.22. The third-order valence-corrected chi connectivity index (χ3v) is 3.18. The van der Waals surface area contributed by atoms with Crippen LogP contribution in [-0.4, -0.2) is 17.2 Å². The lowest BCUT2D eigenvalue weighted by Crippen LogP contribution is -2.36. The summed E-state index contributed by atoms with van der Waals surface area (Å²) in [4.78, 5) is 0. The number of rotatable bonds is 4. The Hall–Kier alpha value is -1.38. The van der Waals surface area contributed by atoms with E-state index in [0.717, 1.165) is 5.56 Å². The molecule has 2 aromatic rings. The van der Waals surface area contributed by atoms with Gasteiger partial charge in [0.15, 0.2) is 0 Å². The van der Waals surface area contributed by atoms with Crippen LogP contribution in [0.2, 0.25) is 0 Å². The first-order valence-electron chi connectivity index (χ1n) is 6.50. The van der Waals surface area contributed by atoms with E-state index in [9.17, 15) is 5.11 Å². The lowest BCUT2D eigenvalue weighted by atomic mass is 9.99. The van der Waals surface area contributed by atoms with Gasteiger partial charge in [-0.15, -0.1) is 0 Å². The van der Waals surface area contributed by atoms with Crippen molar-refractivity contribution >= 4 is 10.8 Å². The highest BCUT2D eigenvalue weighted by Gasteiger charge is 2.16. The van der Waals surface area contributed by atoms with Crippen LogP contribution in [0.5, 0.6) is 0 Å². The fraction of sp³-hybridized carbons (Fsp3) is 0.375. The molecule has 0 radical (unpaired) electrons. The molecule has 2 N–H and O–H groups in total. The van der Waals surface area contributed by atoms with Crippen LogP contribution < -0.4 is 5.32 Å². The lowest BCUT2D eigenvalue weighted by Gasteiger charge is -2.23. The van der Waals surface area contributed by atoms with Gasteiger partial charge in [0.05, 0.1) is 6.10 Å². The Balaban J connectivity index is 2.24. The summed E-state index contributed by atoms with van der Waals surface area (Å²) in [7, 11) is 0. The summed E-state index contributed by atoms with van der Waals surface area (Å²) >= 11 is 0. The molecule has 0 bridgehead atoms. The summed E-state index contributed by atoms with van der Waals surface area (Å²) in [5.74, 6) is 0. The first kappa shape index (κ1) is 13.1. The van der Waals surface area contributed by atoms with Crippen LogP contribution in [0.15, 0.2) is 42.5 Å². The molecule has 2 nitrogen and oxygen atoms in total. The third kappa shape index (κ3) is 2.89. The van der Waals surface area contributed by atoms with Crippen LogP contribution in [0.4, 0.5) is 0 Å². The van der Waals surface area contributed by atoms with Gasteiger partial charge in [-0.3, -0.25) is 0 Å². The van der Waals surface area contributed by atoms with Crippen LogP contribution in [0.25, 0.3) is 10.8 Å². The normalized spacial score (nSPS) is 14.9. The second-order valence-corrected chi connectivity index (χ2v) is 5.16. The summed E-state index contributed by atoms with van der Waals surface area (Å²) < 4.78 is 0. The highest BCUT2D eigenvalue weighted by atomic mass is 16.3. The third-order valence-electron chi connectivity index (χ3n) is 3.18. The van der Waals surface area contributed by atoms with Crippen molar-refractivity contribution in [3.8, 4) is 0 Å². The molecular weight excluding hydrogens is 222 g/mol. The molecule has 0 unspecified atom stereocenters. The molecule has 0 aliphatic heterocycles. The molecule has 2 aromatic carbocycles. The van der Waals surface area contributed by atoms with E-state index in [0.29, 0.717) is 6.04 Å². The number of hydrogen-bond acceptors (Lipinski definition) is 2. The van der Waals surface area contributed by atoms with Crippen LogP contribution in [0.3, 0.4) is 0 Å². The fourth-order valence-corrected chi connectivity index (χ4v) is 2.30. The molecule has 0 saturated heterocycles. The first-order chi connectivity index (χ1) is 8.58. The number of hydrogen-bond donors (Lipinski definition) is 2. The van der Waals surface area contributed by atoms with Crippen molar-refractivity contribution in [3.05, 3.63) is 48.0 Å². The topological polar surface area (TPSA) is 32.3 Å². The molecule has 0 aromatic heterocycles. The summed E-state index contributed by atoms with van der Waals surface area (Å²) in [6, 6.07) is 14.8. The van der Waals surface area contributed by atoms with Crippen molar-refractivity contribution < 1.29 is 5.11 Å². The Morgan fingerprint density at radius 2 is 1.61 bits per heavy atom. The van der Waals surface area contributed by atoms with E-state index >= 15 is 0 Å². The molecule has 0 fully saturated rings. The molecule has 2 atom stereocenters. The highest BCUT2D eigenvalue weighted by molar-refractivity contribution is 5.83. The summed E-state index contributed by atoms with van der Waals surface area (Å²) in [5.41, 5.74) is 0.967. The maximum atomic E-state index is 10.3. The van der Waals surface area contributed by atoms with Gasteiger partial charge in [-0.05, 0) is 29.3 Å². The van der Waals surface area contributed by atoms with Crippen molar-refractivity contribution in [1.82, 2.24) is 5.32 Å². The number of fused-ring (bicyclic) bond motifs is 1. The SMILES string of the molecule is CC(C)N[C@H](C)[C@H](O)c1ccc2ccccc2c1. The smallest absolute Gasteiger partial charge is 0.0940 e. The minimum atomic E-state index is -0.475. The summed E-state index contributed by atoms with van der Waals surface area (Å²) in [5, 5.41) is 16.1. The maximum Gasteiger partial charge on any atom is 0.0940 e. The van der Waals surface area contributed by atoms with E-state index in [-0.39, 0.29) is 6.04 Å². The zero-order valence-electron chi connectivity index (χ0n) is 11.2. The zero-order chi connectivity index (χ0) is 13.1. The van der Waals surface area contributed by atoms with E-state index in [1.54, 1.807) is 0 Å². The van der Waals surface area contributed by atoms with E-state index in [1.807, 2.05) is 25.1 Å². The van der Waals surface area contributed by atoms with Gasteiger partial charge in [0.1, 0.15) is 0 Å². The van der Waals surface area contributed by atoms with Gasteiger partial charge in [0.25, 0.3) is 0 Å². The van der Waals surface area contributed by atoms with E-state index in [2.05, 4.69) is 43.4 Å². The van der Waals surface area contributed by atoms with Crippen molar-refractivity contribution in [1.29, 1.82) is 0 Å². The zero-order valence-corrected chi connectivity index (χ0v) is 11.2. The maximum absolute atomic E-state index is 10.3. The van der Waals surface area contributed by atoms with E-state index in [1.165, 1.54) is 10.8 Å². The lowest BCUT2D eigenvalue weighted by molar-refractivity contribution is 0.132. The number of aliphatic hydroxyl groups is 1. The molecule has 0 saturated carbocycles. The van der Waals surface area contributed by atoms with Gasteiger partial charge >= 0.3 is 0 Å². The minimum absolute atomic E-state index is 0.0474. The largest absolute Gasteiger partial charge is 0.387 e. The van der Waals surface area contributed by atoms with Gasteiger partial charge in [0, 0.05) is 12.1 Å². The summed E-state index contributed by atoms with van der Waals surface area (Å²) in [6.07, 6.45) is -0.475. The summed E-state index contributed by atoms with van der Waals surface area (Å²) in [6.45, 7) is 6.19. The standard InChI is InChI=1S/C16H21NO/c1-11(2)17-12(3)16(18)15-9-8-13-6-4-5-7-14(13)10-15/h4-12,16-18H,1-3H3/t12-,16+/m1/s1. The van der Waals surface area contributed by atoms with Gasteiger partial charge in [-0.25, -0.2) is 0 Å². The Morgan fingerprint density at radius 3 is 2.28 bits per heavy atom. The Labute approximate surface area is 109 Å². The average molecular weight is 243 g/mol. The van der Waals surface area contributed by atoms with Crippen LogP contribution in [-0.2, 0) is 0 Å². The minimum Gasteiger partial charge on any atom is -0.387 e. The molecule has 18 heavy (non-hydrogen) atoms. The molecule has 0 amide bonds. The van der Waals surface area contributed by atoms with Crippen molar-refractivity contribution in [2.75, 3.05) is 0 Å². The molecule has 2 heteroatoms. The Morgan fingerprint density at radius 1 is 0.944 bits per heavy atom. The van der Waals surface area contributed by atoms with Crippen LogP contribution in [0.1, 0.15) is 32.4 Å². The van der Waals surface area contributed by atoms with Crippen molar-refractivity contribution in [2.24, 2.45) is 0 Å². The number of benzene rings is 2. The molecule has 0 heterocycles. The molecule has 96 valence electrons. The van der Waals surface area contributed by atoms with E-state index < -0.39 is 6.10 Å². The molecular formula is C16H21NO. The Kier molecular flexibility index (Phi) is 4.00. The van der Waals surface area contributed by atoms with Crippen molar-refractivity contribution in [3.63, 3.8) is 0 Å². The van der Waals surface area contributed by atoms with Gasteiger partial charge in [-0.1, -0.05) is 50.2 Å². The monoisotopic (exact) mass is 243 g/mol. The van der Waals surface area contributed by atoms with Crippen molar-refractivity contribution in [2.45, 2.75) is 39.0 Å².